The monoisotopic (exact) mass is 313 g/mol. The van der Waals surface area contributed by atoms with Gasteiger partial charge in [-0.25, -0.2) is 0 Å². The van der Waals surface area contributed by atoms with Gasteiger partial charge in [0.1, 0.15) is 0 Å². The summed E-state index contributed by atoms with van der Waals surface area (Å²) in [4.78, 5) is 12.2. The summed E-state index contributed by atoms with van der Waals surface area (Å²) in [5, 5.41) is 3.14. The van der Waals surface area contributed by atoms with Crippen LogP contribution in [0.1, 0.15) is 49.2 Å². The van der Waals surface area contributed by atoms with Gasteiger partial charge in [0.05, 0.1) is 0 Å². The van der Waals surface area contributed by atoms with E-state index in [-0.39, 0.29) is 11.9 Å². The van der Waals surface area contributed by atoms with Gasteiger partial charge < -0.3 is 9.73 Å². The molecule has 0 spiro atoms. The zero-order valence-corrected chi connectivity index (χ0v) is 12.7. The fraction of sp³-hybridized carbons (Fsp3) is 0.643. The summed E-state index contributed by atoms with van der Waals surface area (Å²) < 4.78 is 6.00. The maximum atomic E-state index is 12.2. The third kappa shape index (κ3) is 2.79. The van der Waals surface area contributed by atoms with E-state index >= 15 is 0 Å². The number of amides is 1. The number of carbonyl (C=O) groups excluding carboxylic acids is 1. The van der Waals surface area contributed by atoms with Crippen LogP contribution in [0.3, 0.4) is 0 Å². The lowest BCUT2D eigenvalue weighted by Crippen LogP contribution is -2.45. The van der Waals surface area contributed by atoms with Crippen molar-refractivity contribution in [2.75, 3.05) is 0 Å². The van der Waals surface area contributed by atoms with Crippen molar-refractivity contribution in [3.05, 3.63) is 22.1 Å². The molecule has 1 aromatic heterocycles. The van der Waals surface area contributed by atoms with E-state index in [2.05, 4.69) is 35.1 Å². The SMILES string of the molecule is Cc1cc(Br)oc1C(=O)NC1C(C)CCCC1C. The minimum absolute atomic E-state index is 0.0937. The van der Waals surface area contributed by atoms with Crippen molar-refractivity contribution in [1.29, 1.82) is 0 Å². The second-order valence-corrected chi connectivity index (χ2v) is 6.23. The summed E-state index contributed by atoms with van der Waals surface area (Å²) in [7, 11) is 0. The topological polar surface area (TPSA) is 42.2 Å². The lowest BCUT2D eigenvalue weighted by Gasteiger charge is -2.34. The highest BCUT2D eigenvalue weighted by atomic mass is 79.9. The summed E-state index contributed by atoms with van der Waals surface area (Å²) in [6.45, 7) is 6.31. The van der Waals surface area contributed by atoms with Crippen LogP contribution >= 0.6 is 15.9 Å². The van der Waals surface area contributed by atoms with Gasteiger partial charge in [-0.2, -0.15) is 0 Å². The van der Waals surface area contributed by atoms with Crippen molar-refractivity contribution in [1.82, 2.24) is 5.32 Å². The van der Waals surface area contributed by atoms with E-state index in [1.165, 1.54) is 19.3 Å². The van der Waals surface area contributed by atoms with Crippen LogP contribution in [0.25, 0.3) is 0 Å². The van der Waals surface area contributed by atoms with Crippen LogP contribution in [-0.2, 0) is 0 Å². The second-order valence-electron chi connectivity index (χ2n) is 5.45. The first kappa shape index (κ1) is 13.7. The first-order valence-electron chi connectivity index (χ1n) is 6.56. The number of hydrogen-bond acceptors (Lipinski definition) is 2. The van der Waals surface area contributed by atoms with Crippen molar-refractivity contribution in [3.63, 3.8) is 0 Å². The van der Waals surface area contributed by atoms with E-state index in [9.17, 15) is 4.79 Å². The molecular weight excluding hydrogens is 294 g/mol. The molecule has 1 N–H and O–H groups in total. The lowest BCUT2D eigenvalue weighted by molar-refractivity contribution is 0.0850. The Labute approximate surface area is 116 Å². The molecule has 4 heteroatoms. The minimum atomic E-state index is -0.0937. The highest BCUT2D eigenvalue weighted by Gasteiger charge is 2.30. The number of nitrogens with one attached hydrogen (secondary N) is 1. The van der Waals surface area contributed by atoms with Crippen molar-refractivity contribution in [2.24, 2.45) is 11.8 Å². The Kier molecular flexibility index (Phi) is 4.15. The largest absolute Gasteiger partial charge is 0.444 e. The van der Waals surface area contributed by atoms with Gasteiger partial charge >= 0.3 is 0 Å². The molecule has 1 saturated carbocycles. The Morgan fingerprint density at radius 2 is 2.00 bits per heavy atom. The molecule has 2 rings (SSSR count). The van der Waals surface area contributed by atoms with E-state index in [1.54, 1.807) is 0 Å². The molecule has 1 aliphatic carbocycles. The minimum Gasteiger partial charge on any atom is -0.444 e. The highest BCUT2D eigenvalue weighted by Crippen LogP contribution is 2.29. The van der Waals surface area contributed by atoms with Crippen molar-refractivity contribution >= 4 is 21.8 Å². The third-order valence-electron chi connectivity index (χ3n) is 3.94. The molecule has 1 heterocycles. The van der Waals surface area contributed by atoms with Crippen molar-refractivity contribution in [2.45, 2.75) is 46.1 Å². The van der Waals surface area contributed by atoms with Gasteiger partial charge in [0, 0.05) is 11.6 Å². The Morgan fingerprint density at radius 1 is 1.39 bits per heavy atom. The van der Waals surface area contributed by atoms with Gasteiger partial charge in [0.25, 0.3) is 5.91 Å². The first-order valence-corrected chi connectivity index (χ1v) is 7.35. The van der Waals surface area contributed by atoms with Crippen LogP contribution in [0.15, 0.2) is 15.2 Å². The van der Waals surface area contributed by atoms with Gasteiger partial charge in [0.2, 0.25) is 0 Å². The zero-order chi connectivity index (χ0) is 13.3. The first-order chi connectivity index (χ1) is 8.49. The Balaban J connectivity index is 2.08. The van der Waals surface area contributed by atoms with E-state index in [4.69, 9.17) is 4.42 Å². The summed E-state index contributed by atoms with van der Waals surface area (Å²) >= 11 is 3.25. The average molecular weight is 314 g/mol. The number of furan rings is 1. The molecule has 3 nitrogen and oxygen atoms in total. The molecule has 1 fully saturated rings. The maximum absolute atomic E-state index is 12.2. The molecule has 1 aliphatic rings. The second kappa shape index (κ2) is 5.47. The third-order valence-corrected chi connectivity index (χ3v) is 4.33. The number of halogens is 1. The van der Waals surface area contributed by atoms with Crippen LogP contribution in [0.4, 0.5) is 0 Å². The molecule has 1 aromatic rings. The summed E-state index contributed by atoms with van der Waals surface area (Å²) in [6, 6.07) is 2.08. The summed E-state index contributed by atoms with van der Waals surface area (Å²) in [5.74, 6) is 1.41. The van der Waals surface area contributed by atoms with Gasteiger partial charge in [-0.1, -0.05) is 20.3 Å². The van der Waals surface area contributed by atoms with Gasteiger partial charge in [0.15, 0.2) is 10.4 Å². The molecule has 18 heavy (non-hydrogen) atoms. The Hall–Kier alpha value is -0.770. The molecular formula is C14H20BrNO2. The number of rotatable bonds is 2. The smallest absolute Gasteiger partial charge is 0.287 e. The Morgan fingerprint density at radius 3 is 2.50 bits per heavy atom. The van der Waals surface area contributed by atoms with E-state index in [0.717, 1.165) is 5.56 Å². The quantitative estimate of drug-likeness (QED) is 0.899. The van der Waals surface area contributed by atoms with Gasteiger partial charge in [-0.05, 0) is 53.6 Å². The van der Waals surface area contributed by atoms with Crippen LogP contribution in [-0.4, -0.2) is 11.9 Å². The molecule has 100 valence electrons. The van der Waals surface area contributed by atoms with E-state index in [0.29, 0.717) is 22.3 Å². The van der Waals surface area contributed by atoms with Crippen molar-refractivity contribution in [3.8, 4) is 0 Å². The predicted molar refractivity (Wildman–Crippen MR) is 74.6 cm³/mol. The molecule has 0 saturated heterocycles. The summed E-state index contributed by atoms with van der Waals surface area (Å²) in [6.07, 6.45) is 3.65. The fourth-order valence-corrected chi connectivity index (χ4v) is 3.36. The highest BCUT2D eigenvalue weighted by molar-refractivity contribution is 9.10. The van der Waals surface area contributed by atoms with Gasteiger partial charge in [-0.15, -0.1) is 0 Å². The molecule has 0 bridgehead atoms. The number of hydrogen-bond donors (Lipinski definition) is 1. The number of carbonyl (C=O) groups is 1. The predicted octanol–water partition coefficient (Wildman–Crippen LogP) is 3.91. The van der Waals surface area contributed by atoms with E-state index in [1.807, 2.05) is 13.0 Å². The molecule has 1 amide bonds. The lowest BCUT2D eigenvalue weighted by atomic mass is 9.78. The van der Waals surface area contributed by atoms with Crippen LogP contribution in [0.5, 0.6) is 0 Å². The fourth-order valence-electron chi connectivity index (χ4n) is 2.85. The summed E-state index contributed by atoms with van der Waals surface area (Å²) in [5.41, 5.74) is 0.871. The molecule has 0 radical (unpaired) electrons. The molecule has 0 aliphatic heterocycles. The van der Waals surface area contributed by atoms with Gasteiger partial charge in [-0.3, -0.25) is 4.79 Å². The normalized spacial score (nSPS) is 28.1. The number of aryl methyl sites for hydroxylation is 1. The van der Waals surface area contributed by atoms with Crippen LogP contribution < -0.4 is 5.32 Å². The Bertz CT molecular complexity index is 431. The van der Waals surface area contributed by atoms with Crippen LogP contribution in [0, 0.1) is 18.8 Å². The van der Waals surface area contributed by atoms with Crippen LogP contribution in [0.2, 0.25) is 0 Å². The molecule has 2 atom stereocenters. The zero-order valence-electron chi connectivity index (χ0n) is 11.1. The van der Waals surface area contributed by atoms with E-state index < -0.39 is 0 Å². The average Bonchev–Trinajstić information content (AvgIpc) is 2.63. The standard InChI is InChI=1S/C14H20BrNO2/c1-8-5-4-6-9(2)12(8)16-14(17)13-10(3)7-11(15)18-13/h7-9,12H,4-6H2,1-3H3,(H,16,17). The maximum Gasteiger partial charge on any atom is 0.287 e. The van der Waals surface area contributed by atoms with Crippen molar-refractivity contribution < 1.29 is 9.21 Å². The molecule has 0 aromatic carbocycles. The molecule has 2 unspecified atom stereocenters.